The van der Waals surface area contributed by atoms with Gasteiger partial charge in [-0.3, -0.25) is 4.79 Å². The van der Waals surface area contributed by atoms with E-state index in [9.17, 15) is 4.79 Å². The van der Waals surface area contributed by atoms with E-state index in [2.05, 4.69) is 17.1 Å². The Bertz CT molecular complexity index is 262. The molecule has 0 spiro atoms. The van der Waals surface area contributed by atoms with Crippen LogP contribution >= 0.6 is 0 Å². The molecule has 3 N–H and O–H groups in total. The van der Waals surface area contributed by atoms with Gasteiger partial charge in [0.15, 0.2) is 0 Å². The summed E-state index contributed by atoms with van der Waals surface area (Å²) in [7, 11) is 1.59. The summed E-state index contributed by atoms with van der Waals surface area (Å²) in [5.41, 5.74) is 5.49. The third-order valence-electron chi connectivity index (χ3n) is 4.11. The molecule has 1 unspecified atom stereocenters. The van der Waals surface area contributed by atoms with Crippen LogP contribution in [-0.4, -0.2) is 56.7 Å². The minimum atomic E-state index is -0.162. The maximum atomic E-state index is 11.6. The van der Waals surface area contributed by atoms with Gasteiger partial charge in [-0.1, -0.05) is 6.92 Å². The first-order valence-electron chi connectivity index (χ1n) is 7.87. The first-order chi connectivity index (χ1) is 9.65. The Labute approximate surface area is 123 Å². The fourth-order valence-corrected chi connectivity index (χ4v) is 2.52. The maximum Gasteiger partial charge on any atom is 0.222 e. The van der Waals surface area contributed by atoms with Crippen LogP contribution in [0.2, 0.25) is 0 Å². The van der Waals surface area contributed by atoms with Gasteiger partial charge in [0, 0.05) is 20.2 Å². The number of nitrogens with one attached hydrogen (secondary N) is 1. The van der Waals surface area contributed by atoms with Crippen LogP contribution in [0, 0.1) is 5.92 Å². The highest BCUT2D eigenvalue weighted by molar-refractivity contribution is 5.76. The molecule has 1 atom stereocenters. The van der Waals surface area contributed by atoms with E-state index in [-0.39, 0.29) is 12.0 Å². The number of methoxy groups -OCH3 is 1. The van der Waals surface area contributed by atoms with Crippen molar-refractivity contribution in [1.29, 1.82) is 0 Å². The van der Waals surface area contributed by atoms with Gasteiger partial charge in [-0.15, -0.1) is 0 Å². The fraction of sp³-hybridized carbons (Fsp3) is 0.933. The number of hydrogen-bond donors (Lipinski definition) is 2. The molecule has 0 aromatic heterocycles. The Morgan fingerprint density at radius 2 is 2.10 bits per heavy atom. The van der Waals surface area contributed by atoms with Crippen LogP contribution in [-0.2, 0) is 9.53 Å². The number of amides is 1. The predicted molar refractivity (Wildman–Crippen MR) is 81.6 cm³/mol. The van der Waals surface area contributed by atoms with Crippen molar-refractivity contribution in [3.05, 3.63) is 0 Å². The molecule has 1 aliphatic heterocycles. The Balaban J connectivity index is 1.97. The van der Waals surface area contributed by atoms with Crippen molar-refractivity contribution in [1.82, 2.24) is 10.2 Å². The average molecular weight is 285 g/mol. The van der Waals surface area contributed by atoms with Crippen LogP contribution < -0.4 is 11.1 Å². The van der Waals surface area contributed by atoms with E-state index in [1.165, 1.54) is 25.9 Å². The lowest BCUT2D eigenvalue weighted by molar-refractivity contribution is -0.123. The lowest BCUT2D eigenvalue weighted by atomic mass is 9.99. The van der Waals surface area contributed by atoms with Gasteiger partial charge in [0.05, 0.1) is 12.5 Å². The number of carbonyl (C=O) groups is 1. The van der Waals surface area contributed by atoms with E-state index in [0.717, 1.165) is 31.8 Å². The van der Waals surface area contributed by atoms with Crippen LogP contribution in [0.25, 0.3) is 0 Å². The smallest absolute Gasteiger partial charge is 0.222 e. The van der Waals surface area contributed by atoms with E-state index >= 15 is 0 Å². The van der Waals surface area contributed by atoms with Crippen LogP contribution in [0.1, 0.15) is 39.0 Å². The van der Waals surface area contributed by atoms with Crippen molar-refractivity contribution in [2.24, 2.45) is 11.7 Å². The highest BCUT2D eigenvalue weighted by Crippen LogP contribution is 2.15. The molecular weight excluding hydrogens is 254 g/mol. The standard InChI is InChI=1S/C15H31N3O2/c1-13-5-9-18(10-6-13)8-4-3-7-17-15(19)11-14(12-16)20-2/h13-14H,3-12,16H2,1-2H3,(H,17,19). The number of likely N-dealkylation sites (tertiary alicyclic amines) is 1. The van der Waals surface area contributed by atoms with Gasteiger partial charge in [0.25, 0.3) is 0 Å². The molecule has 0 radical (unpaired) electrons. The van der Waals surface area contributed by atoms with Gasteiger partial charge in [0.2, 0.25) is 5.91 Å². The van der Waals surface area contributed by atoms with Gasteiger partial charge in [-0.25, -0.2) is 0 Å². The van der Waals surface area contributed by atoms with Crippen LogP contribution in [0.3, 0.4) is 0 Å². The second-order valence-electron chi connectivity index (χ2n) is 5.88. The third-order valence-corrected chi connectivity index (χ3v) is 4.11. The normalized spacial score (nSPS) is 18.9. The zero-order valence-electron chi connectivity index (χ0n) is 13.1. The highest BCUT2D eigenvalue weighted by atomic mass is 16.5. The van der Waals surface area contributed by atoms with Gasteiger partial charge in [-0.05, 0) is 51.2 Å². The molecule has 1 fully saturated rings. The Morgan fingerprint density at radius 1 is 1.40 bits per heavy atom. The molecule has 5 heteroatoms. The van der Waals surface area contributed by atoms with E-state index in [0.29, 0.717) is 13.0 Å². The lowest BCUT2D eigenvalue weighted by Gasteiger charge is -2.30. The van der Waals surface area contributed by atoms with Crippen LogP contribution in [0.4, 0.5) is 0 Å². The van der Waals surface area contributed by atoms with Gasteiger partial charge in [-0.2, -0.15) is 0 Å². The average Bonchev–Trinajstić information content (AvgIpc) is 2.46. The minimum Gasteiger partial charge on any atom is -0.380 e. The number of nitrogens with zero attached hydrogens (tertiary/aromatic N) is 1. The predicted octanol–water partition coefficient (Wildman–Crippen LogP) is 0.979. The van der Waals surface area contributed by atoms with Crippen molar-refractivity contribution in [3.63, 3.8) is 0 Å². The molecule has 1 aliphatic rings. The SMILES string of the molecule is COC(CN)CC(=O)NCCCCN1CCC(C)CC1. The number of ether oxygens (including phenoxy) is 1. The second-order valence-corrected chi connectivity index (χ2v) is 5.88. The second kappa shape index (κ2) is 10.1. The molecule has 0 saturated carbocycles. The third kappa shape index (κ3) is 7.22. The topological polar surface area (TPSA) is 67.6 Å². The molecule has 0 aromatic rings. The zero-order valence-corrected chi connectivity index (χ0v) is 13.1. The summed E-state index contributed by atoms with van der Waals surface area (Å²) in [5, 5.41) is 2.93. The fourth-order valence-electron chi connectivity index (χ4n) is 2.52. The molecule has 0 bridgehead atoms. The summed E-state index contributed by atoms with van der Waals surface area (Å²) in [4.78, 5) is 14.2. The summed E-state index contributed by atoms with van der Waals surface area (Å²) in [6, 6.07) is 0. The molecule has 0 aliphatic carbocycles. The quantitative estimate of drug-likeness (QED) is 0.620. The van der Waals surface area contributed by atoms with Crippen molar-refractivity contribution in [2.45, 2.75) is 45.1 Å². The first-order valence-corrected chi connectivity index (χ1v) is 7.87. The molecule has 0 aromatic carbocycles. The highest BCUT2D eigenvalue weighted by Gasteiger charge is 2.15. The molecule has 1 saturated heterocycles. The Hall–Kier alpha value is -0.650. The van der Waals surface area contributed by atoms with Crippen LogP contribution in [0.5, 0.6) is 0 Å². The number of carbonyl (C=O) groups excluding carboxylic acids is 1. The summed E-state index contributed by atoms with van der Waals surface area (Å²) in [6.45, 7) is 7.11. The number of unbranched alkanes of at least 4 members (excludes halogenated alkanes) is 1. The molecular formula is C15H31N3O2. The van der Waals surface area contributed by atoms with Gasteiger partial charge < -0.3 is 20.7 Å². The molecule has 1 rings (SSSR count). The van der Waals surface area contributed by atoms with E-state index in [4.69, 9.17) is 10.5 Å². The van der Waals surface area contributed by atoms with Crippen molar-refractivity contribution < 1.29 is 9.53 Å². The lowest BCUT2D eigenvalue weighted by Crippen LogP contribution is -2.34. The molecule has 1 amide bonds. The zero-order chi connectivity index (χ0) is 14.8. The molecule has 5 nitrogen and oxygen atoms in total. The first kappa shape index (κ1) is 17.4. The summed E-state index contributed by atoms with van der Waals surface area (Å²) in [5.74, 6) is 0.927. The summed E-state index contributed by atoms with van der Waals surface area (Å²) in [6.07, 6.45) is 5.04. The van der Waals surface area contributed by atoms with Crippen LogP contribution in [0.15, 0.2) is 0 Å². The number of hydrogen-bond acceptors (Lipinski definition) is 4. The van der Waals surface area contributed by atoms with E-state index in [1.807, 2.05) is 0 Å². The van der Waals surface area contributed by atoms with Crippen molar-refractivity contribution in [2.75, 3.05) is 39.8 Å². The number of rotatable bonds is 9. The van der Waals surface area contributed by atoms with E-state index in [1.54, 1.807) is 7.11 Å². The summed E-state index contributed by atoms with van der Waals surface area (Å²) < 4.78 is 5.09. The van der Waals surface area contributed by atoms with Gasteiger partial charge >= 0.3 is 0 Å². The number of nitrogens with two attached hydrogens (primary N) is 1. The summed E-state index contributed by atoms with van der Waals surface area (Å²) >= 11 is 0. The Kier molecular flexibility index (Phi) is 8.82. The van der Waals surface area contributed by atoms with E-state index < -0.39 is 0 Å². The monoisotopic (exact) mass is 285 g/mol. The van der Waals surface area contributed by atoms with Crippen molar-refractivity contribution >= 4 is 5.91 Å². The number of piperidine rings is 1. The molecule has 20 heavy (non-hydrogen) atoms. The van der Waals surface area contributed by atoms with Gasteiger partial charge in [0.1, 0.15) is 0 Å². The molecule has 1 heterocycles. The Morgan fingerprint density at radius 3 is 2.70 bits per heavy atom. The maximum absolute atomic E-state index is 11.6. The molecule has 118 valence electrons. The largest absolute Gasteiger partial charge is 0.380 e. The minimum absolute atomic E-state index is 0.0362. The van der Waals surface area contributed by atoms with Crippen molar-refractivity contribution in [3.8, 4) is 0 Å².